The van der Waals surface area contributed by atoms with E-state index >= 15 is 0 Å². The second-order valence-electron chi connectivity index (χ2n) is 5.96. The number of nitrogens with zero attached hydrogens (tertiary/aromatic N) is 2. The van der Waals surface area contributed by atoms with E-state index < -0.39 is 0 Å². The zero-order valence-electron chi connectivity index (χ0n) is 15.1. The van der Waals surface area contributed by atoms with Crippen molar-refractivity contribution in [1.82, 2.24) is 4.98 Å². The molecule has 0 saturated heterocycles. The van der Waals surface area contributed by atoms with Gasteiger partial charge >= 0.3 is 0 Å². The van der Waals surface area contributed by atoms with Crippen molar-refractivity contribution in [2.75, 3.05) is 30.9 Å². The van der Waals surface area contributed by atoms with E-state index in [0.29, 0.717) is 22.0 Å². The summed E-state index contributed by atoms with van der Waals surface area (Å²) >= 11 is 6.11. The number of amides is 1. The monoisotopic (exact) mass is 361 g/mol. The second kappa shape index (κ2) is 8.72. The molecular formula is C19H24ClN3O2. The van der Waals surface area contributed by atoms with E-state index in [0.717, 1.165) is 30.6 Å². The molecule has 25 heavy (non-hydrogen) atoms. The number of aromatic nitrogens is 1. The molecule has 0 spiro atoms. The van der Waals surface area contributed by atoms with Crippen molar-refractivity contribution < 1.29 is 9.53 Å². The number of unbranched alkanes of at least 4 members (excludes halogenated alkanes) is 1. The summed E-state index contributed by atoms with van der Waals surface area (Å²) in [5.74, 6) is 0.284. The van der Waals surface area contributed by atoms with Gasteiger partial charge < -0.3 is 15.0 Å². The number of aryl methyl sites for hydroxylation is 1. The number of anilines is 2. The average Bonchev–Trinajstić information content (AvgIpc) is 2.62. The van der Waals surface area contributed by atoms with Gasteiger partial charge in [0.25, 0.3) is 5.91 Å². The van der Waals surface area contributed by atoms with Gasteiger partial charge in [0.1, 0.15) is 5.75 Å². The molecule has 2 aromatic rings. The van der Waals surface area contributed by atoms with Crippen LogP contribution in [0.15, 0.2) is 30.6 Å². The molecular weight excluding hydrogens is 338 g/mol. The molecule has 5 nitrogen and oxygen atoms in total. The summed E-state index contributed by atoms with van der Waals surface area (Å²) in [5.41, 5.74) is 2.86. The first-order valence-electron chi connectivity index (χ1n) is 8.28. The molecule has 0 saturated carbocycles. The third kappa shape index (κ3) is 4.86. The van der Waals surface area contributed by atoms with Gasteiger partial charge in [-0.25, -0.2) is 0 Å². The number of hydrogen-bond donors (Lipinski definition) is 1. The minimum Gasteiger partial charge on any atom is -0.495 e. The van der Waals surface area contributed by atoms with E-state index in [9.17, 15) is 4.79 Å². The van der Waals surface area contributed by atoms with Crippen LogP contribution in [0.4, 0.5) is 11.4 Å². The molecule has 0 radical (unpaired) electrons. The highest BCUT2D eigenvalue weighted by atomic mass is 35.5. The largest absolute Gasteiger partial charge is 0.495 e. The summed E-state index contributed by atoms with van der Waals surface area (Å²) in [5, 5.41) is 3.47. The number of benzene rings is 1. The number of ether oxygens (including phenoxy) is 1. The second-order valence-corrected chi connectivity index (χ2v) is 6.37. The normalized spacial score (nSPS) is 10.4. The quantitative estimate of drug-likeness (QED) is 0.786. The maximum atomic E-state index is 12.6. The van der Waals surface area contributed by atoms with Crippen LogP contribution in [0.5, 0.6) is 5.75 Å². The van der Waals surface area contributed by atoms with Crippen LogP contribution in [0.25, 0.3) is 0 Å². The molecule has 0 aliphatic rings. The summed E-state index contributed by atoms with van der Waals surface area (Å²) in [6.45, 7) is 4.95. The number of halogens is 1. The Balaban J connectivity index is 2.20. The first kappa shape index (κ1) is 19.1. The lowest BCUT2D eigenvalue weighted by molar-refractivity contribution is 0.102. The van der Waals surface area contributed by atoms with Gasteiger partial charge in [0.2, 0.25) is 0 Å². The van der Waals surface area contributed by atoms with E-state index in [1.807, 2.05) is 20.0 Å². The smallest absolute Gasteiger partial charge is 0.257 e. The van der Waals surface area contributed by atoms with Crippen molar-refractivity contribution in [1.29, 1.82) is 0 Å². The number of hydrogen-bond acceptors (Lipinski definition) is 4. The van der Waals surface area contributed by atoms with Crippen molar-refractivity contribution >= 4 is 28.9 Å². The van der Waals surface area contributed by atoms with Crippen LogP contribution in [0, 0.1) is 6.92 Å². The molecule has 2 rings (SSSR count). The van der Waals surface area contributed by atoms with Crippen LogP contribution in [-0.4, -0.2) is 31.6 Å². The fourth-order valence-electron chi connectivity index (χ4n) is 2.41. The van der Waals surface area contributed by atoms with E-state index in [2.05, 4.69) is 22.1 Å². The lowest BCUT2D eigenvalue weighted by Crippen LogP contribution is -2.20. The molecule has 0 aliphatic carbocycles. The lowest BCUT2D eigenvalue weighted by Gasteiger charge is -2.19. The predicted octanol–water partition coefficient (Wildman–Crippen LogP) is 4.54. The van der Waals surface area contributed by atoms with Gasteiger partial charge in [-0.3, -0.25) is 9.78 Å². The van der Waals surface area contributed by atoms with E-state index in [1.54, 1.807) is 31.6 Å². The van der Waals surface area contributed by atoms with Crippen molar-refractivity contribution in [2.24, 2.45) is 0 Å². The summed E-state index contributed by atoms with van der Waals surface area (Å²) in [6.07, 6.45) is 5.53. The number of nitrogens with one attached hydrogen (secondary N) is 1. The Kier molecular flexibility index (Phi) is 6.65. The molecule has 0 atom stereocenters. The van der Waals surface area contributed by atoms with Crippen LogP contribution in [0.2, 0.25) is 5.02 Å². The zero-order valence-corrected chi connectivity index (χ0v) is 15.9. The SMILES string of the molecule is CCCCN(C)c1cncc(C(=O)Nc2cc(C)c(Cl)cc2OC)c1. The molecule has 1 aromatic heterocycles. The van der Waals surface area contributed by atoms with Crippen molar-refractivity contribution in [2.45, 2.75) is 26.7 Å². The minimum absolute atomic E-state index is 0.238. The molecule has 6 heteroatoms. The van der Waals surface area contributed by atoms with Gasteiger partial charge in [-0.1, -0.05) is 24.9 Å². The molecule has 1 heterocycles. The molecule has 0 unspecified atom stereocenters. The Bertz CT molecular complexity index is 749. The van der Waals surface area contributed by atoms with Gasteiger partial charge in [0.15, 0.2) is 0 Å². The molecule has 1 amide bonds. The Morgan fingerprint density at radius 2 is 2.08 bits per heavy atom. The Hall–Kier alpha value is -2.27. The van der Waals surface area contributed by atoms with Crippen molar-refractivity contribution in [3.8, 4) is 5.75 Å². The van der Waals surface area contributed by atoms with Gasteiger partial charge in [0, 0.05) is 30.9 Å². The number of carbonyl (C=O) groups is 1. The number of methoxy groups -OCH3 is 1. The summed E-state index contributed by atoms with van der Waals surface area (Å²) < 4.78 is 5.30. The maximum absolute atomic E-state index is 12.6. The lowest BCUT2D eigenvalue weighted by atomic mass is 10.2. The maximum Gasteiger partial charge on any atom is 0.257 e. The Morgan fingerprint density at radius 3 is 2.76 bits per heavy atom. The predicted molar refractivity (Wildman–Crippen MR) is 103 cm³/mol. The van der Waals surface area contributed by atoms with Crippen LogP contribution < -0.4 is 15.0 Å². The van der Waals surface area contributed by atoms with Gasteiger partial charge in [-0.2, -0.15) is 0 Å². The van der Waals surface area contributed by atoms with Crippen LogP contribution >= 0.6 is 11.6 Å². The summed E-state index contributed by atoms with van der Waals surface area (Å²) in [7, 11) is 3.54. The summed E-state index contributed by atoms with van der Waals surface area (Å²) in [6, 6.07) is 5.33. The highest BCUT2D eigenvalue weighted by Crippen LogP contribution is 2.31. The van der Waals surface area contributed by atoms with Crippen molar-refractivity contribution in [3.05, 3.63) is 46.7 Å². The fourth-order valence-corrected chi connectivity index (χ4v) is 2.56. The highest BCUT2D eigenvalue weighted by molar-refractivity contribution is 6.31. The van der Waals surface area contributed by atoms with Gasteiger partial charge in [-0.05, 0) is 31.0 Å². The number of rotatable bonds is 7. The molecule has 0 aliphatic heterocycles. The molecule has 134 valence electrons. The third-order valence-electron chi connectivity index (χ3n) is 4.00. The molecule has 1 aromatic carbocycles. The topological polar surface area (TPSA) is 54.5 Å². The van der Waals surface area contributed by atoms with Crippen molar-refractivity contribution in [3.63, 3.8) is 0 Å². The zero-order chi connectivity index (χ0) is 18.4. The highest BCUT2D eigenvalue weighted by Gasteiger charge is 2.13. The number of pyridine rings is 1. The Labute approximate surface area is 154 Å². The van der Waals surface area contributed by atoms with Gasteiger partial charge in [0.05, 0.1) is 30.2 Å². The van der Waals surface area contributed by atoms with E-state index in [1.165, 1.54) is 0 Å². The third-order valence-corrected chi connectivity index (χ3v) is 4.41. The minimum atomic E-state index is -0.238. The van der Waals surface area contributed by atoms with Crippen LogP contribution in [-0.2, 0) is 0 Å². The van der Waals surface area contributed by atoms with Crippen LogP contribution in [0.1, 0.15) is 35.7 Å². The fraction of sp³-hybridized carbons (Fsp3) is 0.368. The molecule has 0 fully saturated rings. The summed E-state index contributed by atoms with van der Waals surface area (Å²) in [4.78, 5) is 18.9. The first-order chi connectivity index (χ1) is 12.0. The molecule has 0 bridgehead atoms. The first-order valence-corrected chi connectivity index (χ1v) is 8.65. The Morgan fingerprint density at radius 1 is 1.32 bits per heavy atom. The van der Waals surface area contributed by atoms with Gasteiger partial charge in [-0.15, -0.1) is 0 Å². The van der Waals surface area contributed by atoms with Crippen LogP contribution in [0.3, 0.4) is 0 Å². The van der Waals surface area contributed by atoms with E-state index in [-0.39, 0.29) is 5.91 Å². The number of carbonyl (C=O) groups excluding carboxylic acids is 1. The van der Waals surface area contributed by atoms with E-state index in [4.69, 9.17) is 16.3 Å². The molecule has 1 N–H and O–H groups in total. The average molecular weight is 362 g/mol. The standard InChI is InChI=1S/C19H24ClN3O2/c1-5-6-7-23(3)15-9-14(11-21-12-15)19(24)22-17-8-13(2)16(20)10-18(17)25-4/h8-12H,5-7H2,1-4H3,(H,22,24).